The normalized spacial score (nSPS) is 10.2. The van der Waals surface area contributed by atoms with Gasteiger partial charge in [-0.1, -0.05) is 0 Å². The Balaban J connectivity index is 2.08. The number of hydrogen-bond acceptors (Lipinski definition) is 3. The molecule has 0 saturated carbocycles. The maximum Gasteiger partial charge on any atom is 0.335 e. The predicted molar refractivity (Wildman–Crippen MR) is 73.9 cm³/mol. The monoisotopic (exact) mass is 292 g/mol. The van der Waals surface area contributed by atoms with Crippen LogP contribution in [0.3, 0.4) is 0 Å². The topological polar surface area (TPSA) is 96.2 Å². The van der Waals surface area contributed by atoms with Gasteiger partial charge >= 0.3 is 12.0 Å². The highest BCUT2D eigenvalue weighted by Gasteiger charge is 2.11. The molecule has 2 amide bonds. The summed E-state index contributed by atoms with van der Waals surface area (Å²) in [5, 5.41) is 17.5. The first-order valence-electron chi connectivity index (χ1n) is 6.13. The molecule has 0 bridgehead atoms. The summed E-state index contributed by atoms with van der Waals surface area (Å²) in [6.45, 7) is 2.54. The van der Waals surface area contributed by atoms with Crippen LogP contribution in [0.2, 0.25) is 0 Å². The van der Waals surface area contributed by atoms with Crippen LogP contribution in [0.5, 0.6) is 0 Å². The largest absolute Gasteiger partial charge is 0.478 e. The Morgan fingerprint density at radius 1 is 1.38 bits per heavy atom. The Bertz CT molecular complexity index is 684. The molecule has 21 heavy (non-hydrogen) atoms. The Morgan fingerprint density at radius 3 is 2.76 bits per heavy atom. The number of carboxylic acid groups (broad SMARTS) is 1. The molecule has 110 valence electrons. The number of halogens is 1. The summed E-state index contributed by atoms with van der Waals surface area (Å²) in [5.41, 5.74) is 0.116. The highest BCUT2D eigenvalue weighted by atomic mass is 19.1. The number of aromatic carboxylic acids is 1. The molecule has 0 aliphatic rings. The van der Waals surface area contributed by atoms with Crippen molar-refractivity contribution in [2.24, 2.45) is 0 Å². The van der Waals surface area contributed by atoms with Crippen LogP contribution in [0.4, 0.5) is 20.6 Å². The molecule has 8 heteroatoms. The zero-order valence-electron chi connectivity index (χ0n) is 11.1. The van der Waals surface area contributed by atoms with E-state index in [-0.39, 0.29) is 11.3 Å². The first-order valence-corrected chi connectivity index (χ1v) is 6.13. The zero-order chi connectivity index (χ0) is 15.4. The molecule has 0 aliphatic carbocycles. The second-order valence-corrected chi connectivity index (χ2v) is 4.16. The number of carbonyl (C=O) groups is 2. The molecule has 1 heterocycles. The Morgan fingerprint density at radius 2 is 2.14 bits per heavy atom. The summed E-state index contributed by atoms with van der Waals surface area (Å²) in [5.74, 6) is -1.93. The van der Waals surface area contributed by atoms with E-state index < -0.39 is 17.8 Å². The maximum absolute atomic E-state index is 13.5. The molecule has 7 nitrogen and oxygen atoms in total. The molecule has 0 spiro atoms. The number of carbonyl (C=O) groups excluding carboxylic acids is 1. The van der Waals surface area contributed by atoms with Gasteiger partial charge in [-0.2, -0.15) is 5.10 Å². The van der Waals surface area contributed by atoms with Gasteiger partial charge in [0.05, 0.1) is 23.1 Å². The summed E-state index contributed by atoms with van der Waals surface area (Å²) in [6, 6.07) is 2.46. The lowest BCUT2D eigenvalue weighted by molar-refractivity contribution is 0.0697. The second-order valence-electron chi connectivity index (χ2n) is 4.16. The number of rotatable bonds is 4. The third-order valence-corrected chi connectivity index (χ3v) is 2.68. The molecule has 2 aromatic rings. The summed E-state index contributed by atoms with van der Waals surface area (Å²) < 4.78 is 15.2. The van der Waals surface area contributed by atoms with Crippen molar-refractivity contribution >= 4 is 23.4 Å². The molecular weight excluding hydrogens is 279 g/mol. The van der Waals surface area contributed by atoms with Gasteiger partial charge in [0.15, 0.2) is 0 Å². The minimum absolute atomic E-state index is 0.120. The first kappa shape index (κ1) is 14.5. The van der Waals surface area contributed by atoms with E-state index in [1.807, 2.05) is 6.92 Å². The average Bonchev–Trinajstić information content (AvgIpc) is 2.88. The zero-order valence-corrected chi connectivity index (χ0v) is 11.1. The van der Waals surface area contributed by atoms with E-state index in [2.05, 4.69) is 15.7 Å². The van der Waals surface area contributed by atoms with Crippen LogP contribution < -0.4 is 10.6 Å². The van der Waals surface area contributed by atoms with Crippen LogP contribution in [0, 0.1) is 5.82 Å². The van der Waals surface area contributed by atoms with E-state index in [1.165, 1.54) is 6.20 Å². The number of nitrogens with zero attached hydrogens (tertiary/aromatic N) is 2. The van der Waals surface area contributed by atoms with Gasteiger partial charge in [0.1, 0.15) is 5.82 Å². The fourth-order valence-corrected chi connectivity index (χ4v) is 1.64. The maximum atomic E-state index is 13.5. The SMILES string of the molecule is CCn1cc(NC(=O)Nc2cc(C(=O)O)ccc2F)cn1. The van der Waals surface area contributed by atoms with Gasteiger partial charge in [-0.05, 0) is 25.1 Å². The van der Waals surface area contributed by atoms with Crippen LogP contribution >= 0.6 is 0 Å². The number of aryl methyl sites for hydroxylation is 1. The molecule has 0 atom stereocenters. The van der Waals surface area contributed by atoms with Crippen molar-refractivity contribution in [1.82, 2.24) is 9.78 Å². The van der Waals surface area contributed by atoms with E-state index in [4.69, 9.17) is 5.11 Å². The van der Waals surface area contributed by atoms with Crippen molar-refractivity contribution in [3.8, 4) is 0 Å². The minimum Gasteiger partial charge on any atom is -0.478 e. The van der Waals surface area contributed by atoms with Gasteiger partial charge in [0, 0.05) is 12.7 Å². The predicted octanol–water partition coefficient (Wildman–Crippen LogP) is 2.38. The van der Waals surface area contributed by atoms with Crippen molar-refractivity contribution in [1.29, 1.82) is 0 Å². The lowest BCUT2D eigenvalue weighted by Gasteiger charge is -2.07. The Hall–Kier alpha value is -2.90. The molecule has 3 N–H and O–H groups in total. The molecule has 0 saturated heterocycles. The van der Waals surface area contributed by atoms with Gasteiger partial charge in [-0.25, -0.2) is 14.0 Å². The van der Waals surface area contributed by atoms with E-state index in [0.29, 0.717) is 12.2 Å². The standard InChI is InChI=1S/C13H13FN4O3/c1-2-18-7-9(6-15-18)16-13(21)17-11-5-8(12(19)20)3-4-10(11)14/h3-7H,2H2,1H3,(H,19,20)(H2,16,17,21). The Kier molecular flexibility index (Phi) is 4.17. The van der Waals surface area contributed by atoms with Crippen LogP contribution in [-0.4, -0.2) is 26.9 Å². The summed E-state index contributed by atoms with van der Waals surface area (Å²) in [4.78, 5) is 22.6. The highest BCUT2D eigenvalue weighted by molar-refractivity contribution is 6.00. The van der Waals surface area contributed by atoms with Crippen molar-refractivity contribution in [2.45, 2.75) is 13.5 Å². The van der Waals surface area contributed by atoms with Crippen molar-refractivity contribution < 1.29 is 19.1 Å². The van der Waals surface area contributed by atoms with Gasteiger partial charge in [-0.15, -0.1) is 0 Å². The van der Waals surface area contributed by atoms with E-state index in [0.717, 1.165) is 18.2 Å². The number of carboxylic acids is 1. The molecule has 1 aromatic heterocycles. The van der Waals surface area contributed by atoms with E-state index >= 15 is 0 Å². The lowest BCUT2D eigenvalue weighted by atomic mass is 10.2. The fourth-order valence-electron chi connectivity index (χ4n) is 1.64. The molecule has 0 radical (unpaired) electrons. The van der Waals surface area contributed by atoms with E-state index in [9.17, 15) is 14.0 Å². The molecule has 2 rings (SSSR count). The summed E-state index contributed by atoms with van der Waals surface area (Å²) >= 11 is 0. The summed E-state index contributed by atoms with van der Waals surface area (Å²) in [6.07, 6.45) is 3.07. The first-order chi connectivity index (χ1) is 9.99. The number of hydrogen-bond donors (Lipinski definition) is 3. The smallest absolute Gasteiger partial charge is 0.335 e. The van der Waals surface area contributed by atoms with Crippen molar-refractivity contribution in [2.75, 3.05) is 10.6 Å². The molecule has 0 fully saturated rings. The van der Waals surface area contributed by atoms with Gasteiger partial charge in [0.2, 0.25) is 0 Å². The van der Waals surface area contributed by atoms with Crippen LogP contribution in [-0.2, 0) is 6.54 Å². The highest BCUT2D eigenvalue weighted by Crippen LogP contribution is 2.17. The number of nitrogens with one attached hydrogen (secondary N) is 2. The third-order valence-electron chi connectivity index (χ3n) is 2.68. The van der Waals surface area contributed by atoms with E-state index in [1.54, 1.807) is 10.9 Å². The van der Waals surface area contributed by atoms with Gasteiger partial charge in [-0.3, -0.25) is 4.68 Å². The van der Waals surface area contributed by atoms with Gasteiger partial charge in [0.25, 0.3) is 0 Å². The van der Waals surface area contributed by atoms with Crippen molar-refractivity contribution in [3.05, 3.63) is 42.0 Å². The number of aromatic nitrogens is 2. The fraction of sp³-hybridized carbons (Fsp3) is 0.154. The number of amides is 2. The lowest BCUT2D eigenvalue weighted by Crippen LogP contribution is -2.20. The molecular formula is C13H13FN4O3. The van der Waals surface area contributed by atoms with Crippen LogP contribution in [0.1, 0.15) is 17.3 Å². The van der Waals surface area contributed by atoms with Crippen LogP contribution in [0.25, 0.3) is 0 Å². The molecule has 0 aliphatic heterocycles. The van der Waals surface area contributed by atoms with Crippen LogP contribution in [0.15, 0.2) is 30.6 Å². The number of anilines is 2. The van der Waals surface area contributed by atoms with Gasteiger partial charge < -0.3 is 15.7 Å². The molecule has 1 aromatic carbocycles. The quantitative estimate of drug-likeness (QED) is 0.806. The second kappa shape index (κ2) is 6.04. The third kappa shape index (κ3) is 3.56. The number of benzene rings is 1. The number of urea groups is 1. The average molecular weight is 292 g/mol. The summed E-state index contributed by atoms with van der Waals surface area (Å²) in [7, 11) is 0. The molecule has 0 unspecified atom stereocenters. The van der Waals surface area contributed by atoms with Crippen molar-refractivity contribution in [3.63, 3.8) is 0 Å². The Labute approximate surface area is 119 Å². The minimum atomic E-state index is -1.21.